The largest absolute Gasteiger partial charge is 0.334 e. The summed E-state index contributed by atoms with van der Waals surface area (Å²) in [6.07, 6.45) is 2.12. The topological polar surface area (TPSA) is 58.6 Å². The summed E-state index contributed by atoms with van der Waals surface area (Å²) < 4.78 is 0. The van der Waals surface area contributed by atoms with Crippen LogP contribution in [0.1, 0.15) is 10.6 Å². The zero-order chi connectivity index (χ0) is 8.55. The number of carbonyl (C=O) groups is 1. The van der Waals surface area contributed by atoms with Gasteiger partial charge in [-0.2, -0.15) is 0 Å². The third-order valence-corrected chi connectivity index (χ3v) is 1.64. The van der Waals surface area contributed by atoms with Gasteiger partial charge in [-0.3, -0.25) is 4.79 Å². The molecule has 0 unspecified atom stereocenters. The molecule has 0 aliphatic carbocycles. The van der Waals surface area contributed by atoms with Gasteiger partial charge in [-0.1, -0.05) is 11.6 Å². The zero-order valence-corrected chi connectivity index (χ0v) is 6.67. The number of aldehydes is 1. The van der Waals surface area contributed by atoms with E-state index < -0.39 is 0 Å². The molecule has 0 amide bonds. The molecule has 0 atom stereocenters. The van der Waals surface area contributed by atoms with Gasteiger partial charge in [-0.15, -0.1) is 0 Å². The first-order valence-electron chi connectivity index (χ1n) is 3.26. The van der Waals surface area contributed by atoms with Crippen molar-refractivity contribution in [1.29, 1.82) is 0 Å². The normalized spacial score (nSPS) is 10.4. The number of nitrogens with zero attached hydrogens (tertiary/aromatic N) is 2. The van der Waals surface area contributed by atoms with Crippen molar-refractivity contribution in [2.75, 3.05) is 0 Å². The highest BCUT2D eigenvalue weighted by Gasteiger charge is 2.02. The first-order valence-corrected chi connectivity index (χ1v) is 3.64. The van der Waals surface area contributed by atoms with Gasteiger partial charge in [0.25, 0.3) is 0 Å². The summed E-state index contributed by atoms with van der Waals surface area (Å²) in [5.74, 6) is 0.264. The molecule has 0 spiro atoms. The molecule has 5 heteroatoms. The maximum absolute atomic E-state index is 10.3. The van der Waals surface area contributed by atoms with E-state index in [1.165, 1.54) is 6.20 Å². The summed E-state index contributed by atoms with van der Waals surface area (Å²) in [5, 5.41) is 0.517. The van der Waals surface area contributed by atoms with Crippen molar-refractivity contribution in [2.24, 2.45) is 0 Å². The van der Waals surface area contributed by atoms with Crippen LogP contribution in [0.25, 0.3) is 11.2 Å². The first-order chi connectivity index (χ1) is 5.79. The quantitative estimate of drug-likeness (QED) is 0.677. The van der Waals surface area contributed by atoms with Crippen molar-refractivity contribution in [3.63, 3.8) is 0 Å². The number of H-pyrrole nitrogens is 1. The molecule has 1 N–H and O–H groups in total. The van der Waals surface area contributed by atoms with E-state index in [9.17, 15) is 4.79 Å². The number of pyridine rings is 1. The third kappa shape index (κ3) is 1.06. The van der Waals surface area contributed by atoms with Crippen LogP contribution in [0.2, 0.25) is 5.02 Å². The van der Waals surface area contributed by atoms with E-state index in [1.54, 1.807) is 6.07 Å². The molecular weight excluding hydrogens is 178 g/mol. The van der Waals surface area contributed by atoms with E-state index >= 15 is 0 Å². The molecule has 0 bridgehead atoms. The smallest absolute Gasteiger partial charge is 0.185 e. The van der Waals surface area contributed by atoms with Crippen LogP contribution in [-0.4, -0.2) is 21.2 Å². The third-order valence-electron chi connectivity index (χ3n) is 1.43. The molecule has 0 aromatic carbocycles. The summed E-state index contributed by atoms with van der Waals surface area (Å²) in [6.45, 7) is 0. The first kappa shape index (κ1) is 7.24. The molecule has 2 aromatic rings. The molecule has 60 valence electrons. The van der Waals surface area contributed by atoms with Crippen LogP contribution in [0.5, 0.6) is 0 Å². The van der Waals surface area contributed by atoms with Crippen molar-refractivity contribution in [1.82, 2.24) is 15.0 Å². The lowest BCUT2D eigenvalue weighted by Crippen LogP contribution is -1.79. The molecule has 4 nitrogen and oxygen atoms in total. The minimum atomic E-state index is 0.264. The molecule has 0 aliphatic rings. The van der Waals surface area contributed by atoms with E-state index in [4.69, 9.17) is 11.6 Å². The lowest BCUT2D eigenvalue weighted by Gasteiger charge is -1.86. The molecule has 0 fully saturated rings. The van der Waals surface area contributed by atoms with Gasteiger partial charge in [0.1, 0.15) is 0 Å². The van der Waals surface area contributed by atoms with Crippen LogP contribution in [0.3, 0.4) is 0 Å². The van der Waals surface area contributed by atoms with Crippen LogP contribution in [-0.2, 0) is 0 Å². The van der Waals surface area contributed by atoms with Crippen molar-refractivity contribution < 1.29 is 4.79 Å². The molecule has 12 heavy (non-hydrogen) atoms. The fraction of sp³-hybridized carbons (Fsp3) is 0. The van der Waals surface area contributed by atoms with Crippen LogP contribution >= 0.6 is 11.6 Å². The standard InChI is InChI=1S/C7H4ClN3O/c8-4-1-5-7(9-2-4)11-6(3-12)10-5/h1-3H,(H,9,10,11). The maximum Gasteiger partial charge on any atom is 0.185 e. The number of rotatable bonds is 1. The molecule has 0 radical (unpaired) electrons. The second-order valence-electron chi connectivity index (χ2n) is 2.26. The van der Waals surface area contributed by atoms with E-state index in [1.807, 2.05) is 0 Å². The molecule has 2 rings (SSSR count). The van der Waals surface area contributed by atoms with Crippen LogP contribution in [0.15, 0.2) is 12.3 Å². The Labute approximate surface area is 72.6 Å². The van der Waals surface area contributed by atoms with Crippen LogP contribution in [0.4, 0.5) is 0 Å². The summed E-state index contributed by atoms with van der Waals surface area (Å²) in [5.41, 5.74) is 1.17. The second kappa shape index (κ2) is 2.57. The molecule has 2 aromatic heterocycles. The van der Waals surface area contributed by atoms with Gasteiger partial charge in [-0.05, 0) is 6.07 Å². The average molecular weight is 182 g/mol. The lowest BCUT2D eigenvalue weighted by atomic mass is 10.4. The minimum absolute atomic E-state index is 0.264. The van der Waals surface area contributed by atoms with Gasteiger partial charge >= 0.3 is 0 Å². The van der Waals surface area contributed by atoms with Crippen molar-refractivity contribution >= 4 is 29.1 Å². The summed E-state index contributed by atoms with van der Waals surface area (Å²) in [4.78, 5) is 20.9. The fourth-order valence-electron chi connectivity index (χ4n) is 0.949. The predicted octanol–water partition coefficient (Wildman–Crippen LogP) is 1.42. The number of halogens is 1. The van der Waals surface area contributed by atoms with E-state index in [-0.39, 0.29) is 5.82 Å². The highest BCUT2D eigenvalue weighted by molar-refractivity contribution is 6.31. The summed E-state index contributed by atoms with van der Waals surface area (Å²) in [7, 11) is 0. The van der Waals surface area contributed by atoms with Gasteiger partial charge < -0.3 is 4.98 Å². The zero-order valence-electron chi connectivity index (χ0n) is 5.91. The Morgan fingerprint density at radius 1 is 1.58 bits per heavy atom. The highest BCUT2D eigenvalue weighted by atomic mass is 35.5. The summed E-state index contributed by atoms with van der Waals surface area (Å²) >= 11 is 5.67. The Hall–Kier alpha value is -1.42. The molecule has 0 aliphatic heterocycles. The molecule has 0 saturated carbocycles. The van der Waals surface area contributed by atoms with Gasteiger partial charge in [-0.25, -0.2) is 9.97 Å². The SMILES string of the molecule is O=Cc1nc2ncc(Cl)cc2[nH]1. The number of imidazole rings is 1. The Morgan fingerprint density at radius 3 is 3.17 bits per heavy atom. The number of fused-ring (bicyclic) bond motifs is 1. The minimum Gasteiger partial charge on any atom is -0.334 e. The maximum atomic E-state index is 10.3. The Bertz CT molecular complexity index is 437. The van der Waals surface area contributed by atoms with Gasteiger partial charge in [0, 0.05) is 6.20 Å². The number of hydrogen-bond acceptors (Lipinski definition) is 3. The number of nitrogens with one attached hydrogen (secondary N) is 1. The van der Waals surface area contributed by atoms with E-state index in [2.05, 4.69) is 15.0 Å². The number of hydrogen-bond donors (Lipinski definition) is 1. The van der Waals surface area contributed by atoms with Gasteiger partial charge in [0.2, 0.25) is 0 Å². The highest BCUT2D eigenvalue weighted by Crippen LogP contribution is 2.13. The van der Waals surface area contributed by atoms with Crippen molar-refractivity contribution in [2.45, 2.75) is 0 Å². The number of carbonyl (C=O) groups excluding carboxylic acids is 1. The molecule has 2 heterocycles. The number of aromatic nitrogens is 3. The number of aromatic amines is 1. The van der Waals surface area contributed by atoms with Crippen LogP contribution < -0.4 is 0 Å². The summed E-state index contributed by atoms with van der Waals surface area (Å²) in [6, 6.07) is 1.67. The van der Waals surface area contributed by atoms with Gasteiger partial charge in [0.05, 0.1) is 10.5 Å². The average Bonchev–Trinajstić information content (AvgIpc) is 2.46. The second-order valence-corrected chi connectivity index (χ2v) is 2.70. The Balaban J connectivity index is 2.75. The monoisotopic (exact) mass is 181 g/mol. The van der Waals surface area contributed by atoms with E-state index in [0.717, 1.165) is 0 Å². The molecule has 0 saturated heterocycles. The Morgan fingerprint density at radius 2 is 2.42 bits per heavy atom. The van der Waals surface area contributed by atoms with Gasteiger partial charge in [0.15, 0.2) is 17.8 Å². The Kier molecular flexibility index (Phi) is 1.55. The molecular formula is C7H4ClN3O. The van der Waals surface area contributed by atoms with Crippen molar-refractivity contribution in [3.05, 3.63) is 23.1 Å². The predicted molar refractivity (Wildman–Crippen MR) is 44.3 cm³/mol. The fourth-order valence-corrected chi connectivity index (χ4v) is 1.11. The van der Waals surface area contributed by atoms with Crippen molar-refractivity contribution in [3.8, 4) is 0 Å². The van der Waals surface area contributed by atoms with Crippen LogP contribution in [0, 0.1) is 0 Å². The lowest BCUT2D eigenvalue weighted by molar-refractivity contribution is 0.111. The van der Waals surface area contributed by atoms with E-state index in [0.29, 0.717) is 22.5 Å².